The monoisotopic (exact) mass is 286 g/mol. The summed E-state index contributed by atoms with van der Waals surface area (Å²) in [6.07, 6.45) is 2.63. The second-order valence-corrected chi connectivity index (χ2v) is 6.72. The fraction of sp³-hybridized carbons (Fsp3) is 0.846. The molecule has 0 aromatic heterocycles. The van der Waals surface area contributed by atoms with Crippen LogP contribution in [0.3, 0.4) is 0 Å². The van der Waals surface area contributed by atoms with Gasteiger partial charge >= 0.3 is 5.97 Å². The largest absolute Gasteiger partial charge is 0.480 e. The fourth-order valence-corrected chi connectivity index (χ4v) is 4.03. The molecule has 2 atom stereocenters. The number of nitrogens with zero attached hydrogens (tertiary/aromatic N) is 1. The van der Waals surface area contributed by atoms with E-state index in [-0.39, 0.29) is 11.3 Å². The predicted molar refractivity (Wildman–Crippen MR) is 75.0 cm³/mol. The Bertz CT molecular complexity index is 358. The summed E-state index contributed by atoms with van der Waals surface area (Å²) >= 11 is 1.63. The second kappa shape index (κ2) is 6.13. The van der Waals surface area contributed by atoms with Crippen LogP contribution in [0.15, 0.2) is 0 Å². The van der Waals surface area contributed by atoms with Gasteiger partial charge in [0.25, 0.3) is 0 Å². The van der Waals surface area contributed by atoms with Gasteiger partial charge in [0.1, 0.15) is 6.04 Å². The molecule has 1 saturated carbocycles. The average Bonchev–Trinajstić information content (AvgIpc) is 3.06. The Labute approximate surface area is 118 Å². The van der Waals surface area contributed by atoms with Crippen LogP contribution < -0.4 is 5.32 Å². The Hall–Kier alpha value is -0.750. The number of rotatable bonds is 6. The molecular formula is C13H22N2O3S. The maximum Gasteiger partial charge on any atom is 0.327 e. The quantitative estimate of drug-likeness (QED) is 0.766. The first-order valence-electron chi connectivity index (χ1n) is 6.89. The summed E-state index contributed by atoms with van der Waals surface area (Å²) in [5, 5.41) is 12.5. The molecule has 1 saturated heterocycles. The van der Waals surface area contributed by atoms with Crippen LogP contribution in [0.1, 0.15) is 33.1 Å². The molecule has 0 bridgehead atoms. The molecular weight excluding hydrogens is 264 g/mol. The Morgan fingerprint density at radius 2 is 2.11 bits per heavy atom. The van der Waals surface area contributed by atoms with Gasteiger partial charge in [-0.2, -0.15) is 0 Å². The number of nitrogens with one attached hydrogen (secondary N) is 1. The number of hydrogen-bond donors (Lipinski definition) is 2. The molecule has 6 heteroatoms. The number of hydrogen-bond acceptors (Lipinski definition) is 4. The first kappa shape index (κ1) is 14.7. The summed E-state index contributed by atoms with van der Waals surface area (Å²) < 4.78 is 0. The van der Waals surface area contributed by atoms with Crippen LogP contribution >= 0.6 is 11.8 Å². The van der Waals surface area contributed by atoms with E-state index in [9.17, 15) is 14.7 Å². The molecule has 5 nitrogen and oxygen atoms in total. The van der Waals surface area contributed by atoms with Gasteiger partial charge in [0, 0.05) is 24.8 Å². The lowest BCUT2D eigenvalue weighted by Crippen LogP contribution is -2.47. The Balaban J connectivity index is 1.95. The molecule has 1 amide bonds. The lowest BCUT2D eigenvalue weighted by Gasteiger charge is -2.27. The highest BCUT2D eigenvalue weighted by atomic mass is 32.2. The third-order valence-electron chi connectivity index (χ3n) is 3.52. The maximum atomic E-state index is 12.3. The van der Waals surface area contributed by atoms with Crippen molar-refractivity contribution in [3.05, 3.63) is 0 Å². The van der Waals surface area contributed by atoms with Crippen LogP contribution in [0.5, 0.6) is 0 Å². The molecule has 2 fully saturated rings. The lowest BCUT2D eigenvalue weighted by molar-refractivity contribution is -0.149. The maximum absolute atomic E-state index is 12.3. The van der Waals surface area contributed by atoms with E-state index < -0.39 is 12.0 Å². The van der Waals surface area contributed by atoms with Gasteiger partial charge in [-0.25, -0.2) is 4.79 Å². The van der Waals surface area contributed by atoms with E-state index in [4.69, 9.17) is 0 Å². The van der Waals surface area contributed by atoms with E-state index in [1.807, 2.05) is 13.8 Å². The molecule has 2 N–H and O–H groups in total. The zero-order chi connectivity index (χ0) is 14.0. The minimum atomic E-state index is -0.874. The van der Waals surface area contributed by atoms with Gasteiger partial charge in [0.15, 0.2) is 0 Å². The van der Waals surface area contributed by atoms with Crippen LogP contribution in [0.4, 0.5) is 0 Å². The van der Waals surface area contributed by atoms with Crippen LogP contribution in [0.25, 0.3) is 0 Å². The first-order valence-corrected chi connectivity index (χ1v) is 7.94. The van der Waals surface area contributed by atoms with Crippen molar-refractivity contribution in [2.24, 2.45) is 5.92 Å². The molecule has 0 aromatic carbocycles. The van der Waals surface area contributed by atoms with Crippen molar-refractivity contribution in [3.63, 3.8) is 0 Å². The van der Waals surface area contributed by atoms with Crippen molar-refractivity contribution in [1.29, 1.82) is 0 Å². The molecule has 2 aliphatic rings. The molecule has 1 heterocycles. The Morgan fingerprint density at radius 1 is 1.42 bits per heavy atom. The fourth-order valence-electron chi connectivity index (χ4n) is 2.38. The van der Waals surface area contributed by atoms with Crippen LogP contribution in [-0.4, -0.2) is 51.6 Å². The van der Waals surface area contributed by atoms with Crippen molar-refractivity contribution >= 4 is 23.6 Å². The molecule has 0 aromatic rings. The molecule has 2 unspecified atom stereocenters. The van der Waals surface area contributed by atoms with E-state index >= 15 is 0 Å². The molecule has 0 spiro atoms. The molecule has 108 valence electrons. The topological polar surface area (TPSA) is 69.6 Å². The minimum absolute atomic E-state index is 0.0255. The van der Waals surface area contributed by atoms with Gasteiger partial charge in [-0.3, -0.25) is 4.79 Å². The number of carbonyl (C=O) groups excluding carboxylic acids is 1. The van der Waals surface area contributed by atoms with Crippen LogP contribution in [-0.2, 0) is 9.59 Å². The van der Waals surface area contributed by atoms with Crippen molar-refractivity contribution in [3.8, 4) is 0 Å². The summed E-state index contributed by atoms with van der Waals surface area (Å²) in [6.45, 7) is 4.67. The number of carbonyl (C=O) groups is 2. The third kappa shape index (κ3) is 3.63. The number of aliphatic carboxylic acids is 1. The number of thioether (sulfide) groups is 1. The lowest BCUT2D eigenvalue weighted by atomic mass is 10.2. The van der Waals surface area contributed by atoms with E-state index in [1.54, 1.807) is 16.7 Å². The van der Waals surface area contributed by atoms with Crippen molar-refractivity contribution in [2.75, 3.05) is 12.3 Å². The number of carboxylic acids is 1. The normalized spacial score (nSPS) is 27.0. The zero-order valence-corrected chi connectivity index (χ0v) is 12.3. The highest BCUT2D eigenvalue weighted by Crippen LogP contribution is 2.45. The number of carboxylic acid groups (broad SMARTS) is 1. The van der Waals surface area contributed by atoms with Crippen molar-refractivity contribution < 1.29 is 14.7 Å². The molecule has 19 heavy (non-hydrogen) atoms. The van der Waals surface area contributed by atoms with Crippen molar-refractivity contribution in [2.45, 2.75) is 50.6 Å². The molecule has 2 rings (SSSR count). The summed E-state index contributed by atoms with van der Waals surface area (Å²) in [6, 6.07) is -0.294. The minimum Gasteiger partial charge on any atom is -0.480 e. The number of amides is 1. The summed E-state index contributed by atoms with van der Waals surface area (Å²) in [5.41, 5.74) is 0. The molecule has 1 aliphatic carbocycles. The van der Waals surface area contributed by atoms with Crippen LogP contribution in [0, 0.1) is 5.92 Å². The summed E-state index contributed by atoms with van der Waals surface area (Å²) in [5.74, 6) is 0.138. The van der Waals surface area contributed by atoms with E-state index in [0.717, 1.165) is 12.8 Å². The summed E-state index contributed by atoms with van der Waals surface area (Å²) in [7, 11) is 0. The van der Waals surface area contributed by atoms with E-state index in [0.29, 0.717) is 30.7 Å². The van der Waals surface area contributed by atoms with Gasteiger partial charge in [-0.05, 0) is 18.8 Å². The average molecular weight is 286 g/mol. The Kier molecular flexibility index (Phi) is 4.73. The standard InChI is InChI=1S/C13H22N2O3S/c1-8(2)14-6-5-11(16)15-10(13(17)18)7-19-12(15)9-3-4-9/h8-10,12,14H,3-7H2,1-2H3,(H,17,18). The van der Waals surface area contributed by atoms with E-state index in [1.165, 1.54) is 0 Å². The Morgan fingerprint density at radius 3 is 2.63 bits per heavy atom. The molecule has 0 radical (unpaired) electrons. The van der Waals surface area contributed by atoms with E-state index in [2.05, 4.69) is 5.32 Å². The second-order valence-electron chi connectivity index (χ2n) is 5.58. The van der Waals surface area contributed by atoms with Gasteiger partial charge in [-0.15, -0.1) is 11.8 Å². The highest BCUT2D eigenvalue weighted by Gasteiger charge is 2.47. The van der Waals surface area contributed by atoms with Gasteiger partial charge in [0.05, 0.1) is 5.37 Å². The first-order chi connectivity index (χ1) is 9.00. The van der Waals surface area contributed by atoms with Crippen molar-refractivity contribution in [1.82, 2.24) is 10.2 Å². The smallest absolute Gasteiger partial charge is 0.327 e. The summed E-state index contributed by atoms with van der Waals surface area (Å²) in [4.78, 5) is 25.2. The van der Waals surface area contributed by atoms with Gasteiger partial charge in [0.2, 0.25) is 5.91 Å². The zero-order valence-electron chi connectivity index (χ0n) is 11.5. The predicted octanol–water partition coefficient (Wildman–Crippen LogP) is 1.14. The van der Waals surface area contributed by atoms with Crippen LogP contribution in [0.2, 0.25) is 0 Å². The molecule has 1 aliphatic heterocycles. The van der Waals surface area contributed by atoms with Gasteiger partial charge < -0.3 is 15.3 Å². The third-order valence-corrected chi connectivity index (χ3v) is 4.99. The highest BCUT2D eigenvalue weighted by molar-refractivity contribution is 8.00. The van der Waals surface area contributed by atoms with Gasteiger partial charge in [-0.1, -0.05) is 13.8 Å². The SMILES string of the molecule is CC(C)NCCC(=O)N1C(C(=O)O)CSC1C1CC1.